The second-order valence-corrected chi connectivity index (χ2v) is 10.5. The Morgan fingerprint density at radius 3 is 2.73 bits per heavy atom. The van der Waals surface area contributed by atoms with E-state index in [2.05, 4.69) is 54.8 Å². The molecule has 4 aliphatic rings. The summed E-state index contributed by atoms with van der Waals surface area (Å²) in [6.07, 6.45) is 6.02. The summed E-state index contributed by atoms with van der Waals surface area (Å²) in [5, 5.41) is 0. The second kappa shape index (κ2) is 7.71. The van der Waals surface area contributed by atoms with Gasteiger partial charge in [0.05, 0.1) is 5.92 Å². The van der Waals surface area contributed by atoms with Crippen LogP contribution in [0.2, 0.25) is 0 Å². The topological polar surface area (TPSA) is 32.8 Å². The molecule has 0 bridgehead atoms. The van der Waals surface area contributed by atoms with Crippen LogP contribution in [0.3, 0.4) is 0 Å². The molecule has 4 heteroatoms. The number of fused-ring (bicyclic) bond motifs is 2. The Kier molecular flexibility index (Phi) is 5.17. The van der Waals surface area contributed by atoms with Crippen LogP contribution in [0.25, 0.3) is 0 Å². The largest absolute Gasteiger partial charge is 0.462 e. The number of hydrogen-bond donors (Lipinski definition) is 0. The predicted molar refractivity (Wildman–Crippen MR) is 121 cm³/mol. The Balaban J connectivity index is 1.24. The number of hydrogen-bond acceptors (Lipinski definition) is 4. The van der Waals surface area contributed by atoms with E-state index in [0.717, 1.165) is 45.6 Å². The quantitative estimate of drug-likeness (QED) is 0.542. The third kappa shape index (κ3) is 3.57. The smallest absolute Gasteiger partial charge is 0.310 e. The summed E-state index contributed by atoms with van der Waals surface area (Å²) >= 11 is 0. The number of piperazine rings is 1. The van der Waals surface area contributed by atoms with E-state index in [1.807, 2.05) is 0 Å². The summed E-state index contributed by atoms with van der Waals surface area (Å²) in [6, 6.07) is 8.78. The van der Waals surface area contributed by atoms with Gasteiger partial charge in [-0.15, -0.1) is 0 Å². The van der Waals surface area contributed by atoms with Crippen molar-refractivity contribution in [3.8, 4) is 0 Å². The van der Waals surface area contributed by atoms with E-state index < -0.39 is 0 Å². The zero-order valence-electron chi connectivity index (χ0n) is 18.8. The summed E-state index contributed by atoms with van der Waals surface area (Å²) in [5.74, 6) is 0.488. The monoisotopic (exact) mass is 408 g/mol. The zero-order chi connectivity index (χ0) is 20.9. The highest BCUT2D eigenvalue weighted by molar-refractivity contribution is 5.76. The van der Waals surface area contributed by atoms with Gasteiger partial charge in [0.2, 0.25) is 0 Å². The van der Waals surface area contributed by atoms with Gasteiger partial charge in [-0.25, -0.2) is 0 Å². The number of carbonyl (C=O) groups is 1. The molecule has 5 rings (SSSR count). The van der Waals surface area contributed by atoms with Gasteiger partial charge in [0, 0.05) is 44.3 Å². The number of ether oxygens (including phenoxy) is 1. The van der Waals surface area contributed by atoms with Gasteiger partial charge in [-0.2, -0.15) is 0 Å². The Morgan fingerprint density at radius 1 is 1.17 bits per heavy atom. The third-order valence-corrected chi connectivity index (χ3v) is 8.37. The van der Waals surface area contributed by atoms with Crippen molar-refractivity contribution in [2.75, 3.05) is 37.6 Å². The summed E-state index contributed by atoms with van der Waals surface area (Å²) in [5.41, 5.74) is 6.14. The number of benzene rings is 1. The Morgan fingerprint density at radius 2 is 1.97 bits per heavy atom. The minimum Gasteiger partial charge on any atom is -0.462 e. The Labute approximate surface area is 181 Å². The van der Waals surface area contributed by atoms with Gasteiger partial charge in [0.1, 0.15) is 6.10 Å². The highest BCUT2D eigenvalue weighted by atomic mass is 16.6. The molecule has 162 valence electrons. The fourth-order valence-corrected chi connectivity index (χ4v) is 6.61. The van der Waals surface area contributed by atoms with Gasteiger partial charge in [0.15, 0.2) is 0 Å². The summed E-state index contributed by atoms with van der Waals surface area (Å²) in [6.45, 7) is 11.9. The average molecular weight is 409 g/mol. The van der Waals surface area contributed by atoms with Gasteiger partial charge < -0.3 is 9.64 Å². The van der Waals surface area contributed by atoms with Crippen LogP contribution in [-0.4, -0.2) is 49.7 Å². The van der Waals surface area contributed by atoms with Crippen molar-refractivity contribution < 1.29 is 9.53 Å². The maximum Gasteiger partial charge on any atom is 0.310 e. The van der Waals surface area contributed by atoms with E-state index in [9.17, 15) is 4.79 Å². The van der Waals surface area contributed by atoms with Crippen molar-refractivity contribution in [2.24, 2.45) is 17.3 Å². The zero-order valence-corrected chi connectivity index (χ0v) is 18.8. The standard InChI is InChI=1S/C26H36N2O2/c1-18-6-4-8-20(14-18)28-12-10-27(11-13-28)17-22-21-15-23-19(2)7-5-9-26(23,3)16-24(21)30-25(22)29/h4,6,8,14,21-22,24H,5,7,9-13,15-17H2,1-3H3/t21-,22?,24-,26-/m1/s1. The number of allylic oxidation sites excluding steroid dienone is 2. The van der Waals surface area contributed by atoms with Gasteiger partial charge in [-0.3, -0.25) is 9.69 Å². The fourth-order valence-electron chi connectivity index (χ4n) is 6.61. The number of esters is 1. The minimum absolute atomic E-state index is 0.0484. The molecule has 1 aromatic carbocycles. The van der Waals surface area contributed by atoms with Gasteiger partial charge in [-0.1, -0.05) is 30.2 Å². The molecule has 0 N–H and O–H groups in total. The molecule has 0 spiro atoms. The third-order valence-electron chi connectivity index (χ3n) is 8.37. The van der Waals surface area contributed by atoms with Crippen LogP contribution in [0.15, 0.2) is 35.4 Å². The first-order valence-corrected chi connectivity index (χ1v) is 11.9. The molecule has 30 heavy (non-hydrogen) atoms. The SMILES string of the molecule is CC1=C2C[C@@H]3C(CN4CCN(c5cccc(C)c5)CC4)C(=O)O[C@@H]3C[C@@]2(C)CCC1. The molecule has 2 aliphatic heterocycles. The van der Waals surface area contributed by atoms with Crippen molar-refractivity contribution in [3.63, 3.8) is 0 Å². The van der Waals surface area contributed by atoms with E-state index in [0.29, 0.717) is 5.92 Å². The van der Waals surface area contributed by atoms with Crippen LogP contribution >= 0.6 is 0 Å². The van der Waals surface area contributed by atoms with Crippen molar-refractivity contribution >= 4 is 11.7 Å². The van der Waals surface area contributed by atoms with E-state index in [4.69, 9.17) is 4.74 Å². The minimum atomic E-state index is 0.0484. The van der Waals surface area contributed by atoms with Crippen LogP contribution < -0.4 is 4.90 Å². The predicted octanol–water partition coefficient (Wildman–Crippen LogP) is 4.58. The van der Waals surface area contributed by atoms with E-state index in [1.165, 1.54) is 30.5 Å². The molecular formula is C26H36N2O2. The van der Waals surface area contributed by atoms with Crippen molar-refractivity contribution in [1.29, 1.82) is 0 Å². The van der Waals surface area contributed by atoms with E-state index >= 15 is 0 Å². The molecule has 4 nitrogen and oxygen atoms in total. The number of nitrogens with zero attached hydrogens (tertiary/aromatic N) is 2. The maximum absolute atomic E-state index is 12.9. The first kappa shape index (κ1) is 20.1. The Hall–Kier alpha value is -1.81. The Bertz CT molecular complexity index is 854. The first-order chi connectivity index (χ1) is 14.4. The van der Waals surface area contributed by atoms with Crippen molar-refractivity contribution in [3.05, 3.63) is 41.0 Å². The lowest BCUT2D eigenvalue weighted by Gasteiger charge is -2.46. The van der Waals surface area contributed by atoms with Crippen LogP contribution in [-0.2, 0) is 9.53 Å². The highest BCUT2D eigenvalue weighted by Crippen LogP contribution is 2.55. The first-order valence-electron chi connectivity index (χ1n) is 11.9. The van der Waals surface area contributed by atoms with Gasteiger partial charge >= 0.3 is 5.97 Å². The summed E-state index contributed by atoms with van der Waals surface area (Å²) < 4.78 is 5.97. The van der Waals surface area contributed by atoms with Crippen LogP contribution in [0.5, 0.6) is 0 Å². The lowest BCUT2D eigenvalue weighted by atomic mass is 9.59. The molecule has 3 fully saturated rings. The van der Waals surface area contributed by atoms with E-state index in [-0.39, 0.29) is 23.4 Å². The molecule has 0 radical (unpaired) electrons. The second-order valence-electron chi connectivity index (χ2n) is 10.5. The van der Waals surface area contributed by atoms with Crippen LogP contribution in [0.1, 0.15) is 51.5 Å². The molecular weight excluding hydrogens is 372 g/mol. The van der Waals surface area contributed by atoms with E-state index in [1.54, 1.807) is 11.1 Å². The molecule has 2 heterocycles. The van der Waals surface area contributed by atoms with Gasteiger partial charge in [-0.05, 0) is 69.1 Å². The lowest BCUT2D eigenvalue weighted by molar-refractivity contribution is -0.145. The van der Waals surface area contributed by atoms with Crippen LogP contribution in [0, 0.1) is 24.2 Å². The lowest BCUT2D eigenvalue weighted by Crippen LogP contribution is -2.49. The normalized spacial score (nSPS) is 34.6. The highest BCUT2D eigenvalue weighted by Gasteiger charge is 2.53. The number of aryl methyl sites for hydroxylation is 1. The van der Waals surface area contributed by atoms with Gasteiger partial charge in [0.25, 0.3) is 0 Å². The van der Waals surface area contributed by atoms with Crippen molar-refractivity contribution in [1.82, 2.24) is 4.90 Å². The fraction of sp³-hybridized carbons (Fsp3) is 0.654. The summed E-state index contributed by atoms with van der Waals surface area (Å²) in [4.78, 5) is 17.8. The molecule has 4 atom stereocenters. The van der Waals surface area contributed by atoms with Crippen LogP contribution in [0.4, 0.5) is 5.69 Å². The molecule has 1 saturated carbocycles. The molecule has 2 saturated heterocycles. The molecule has 0 aromatic heterocycles. The molecule has 1 aromatic rings. The molecule has 0 amide bonds. The summed E-state index contributed by atoms with van der Waals surface area (Å²) in [7, 11) is 0. The maximum atomic E-state index is 12.9. The molecule has 2 aliphatic carbocycles. The number of rotatable bonds is 3. The van der Waals surface area contributed by atoms with Crippen molar-refractivity contribution in [2.45, 2.75) is 59.0 Å². The average Bonchev–Trinajstić information content (AvgIpc) is 3.01. The molecule has 1 unspecified atom stereocenters. The number of carbonyl (C=O) groups excluding carboxylic acids is 1. The number of anilines is 1.